The van der Waals surface area contributed by atoms with Crippen molar-refractivity contribution in [1.82, 2.24) is 9.88 Å². The largest absolute Gasteiger partial charge is 0.302 e. The van der Waals surface area contributed by atoms with E-state index in [9.17, 15) is 0 Å². The van der Waals surface area contributed by atoms with Crippen LogP contribution in [0.5, 0.6) is 0 Å². The van der Waals surface area contributed by atoms with Gasteiger partial charge in [0, 0.05) is 29.5 Å². The standard InChI is InChI=1S/C9H13ClN2/c1-3-12(2)7-8-6-11-5-4-9(8)10/h4-6H,3,7H2,1-2H3. The molecule has 0 N–H and O–H groups in total. The van der Waals surface area contributed by atoms with Crippen LogP contribution in [0.1, 0.15) is 12.5 Å². The monoisotopic (exact) mass is 184 g/mol. The molecule has 0 atom stereocenters. The average Bonchev–Trinajstić information content (AvgIpc) is 2.09. The third-order valence-corrected chi connectivity index (χ3v) is 2.19. The summed E-state index contributed by atoms with van der Waals surface area (Å²) in [5.41, 5.74) is 1.09. The van der Waals surface area contributed by atoms with Crippen molar-refractivity contribution in [3.05, 3.63) is 29.0 Å². The van der Waals surface area contributed by atoms with Crippen LogP contribution < -0.4 is 0 Å². The summed E-state index contributed by atoms with van der Waals surface area (Å²) in [6.07, 6.45) is 3.52. The van der Waals surface area contributed by atoms with Crippen LogP contribution in [0.3, 0.4) is 0 Å². The molecule has 1 aromatic heterocycles. The van der Waals surface area contributed by atoms with Gasteiger partial charge < -0.3 is 4.90 Å². The van der Waals surface area contributed by atoms with E-state index in [1.807, 2.05) is 12.3 Å². The maximum atomic E-state index is 5.96. The Bertz CT molecular complexity index is 250. The van der Waals surface area contributed by atoms with E-state index in [-0.39, 0.29) is 0 Å². The number of hydrogen-bond donors (Lipinski definition) is 0. The molecule has 0 aliphatic carbocycles. The van der Waals surface area contributed by atoms with Crippen LogP contribution >= 0.6 is 11.6 Å². The highest BCUT2D eigenvalue weighted by atomic mass is 35.5. The zero-order valence-corrected chi connectivity index (χ0v) is 8.17. The molecule has 0 amide bonds. The van der Waals surface area contributed by atoms with Crippen LogP contribution in [-0.4, -0.2) is 23.5 Å². The molecule has 1 aromatic rings. The third-order valence-electron chi connectivity index (χ3n) is 1.82. The average molecular weight is 185 g/mol. The van der Waals surface area contributed by atoms with Crippen LogP contribution in [0.15, 0.2) is 18.5 Å². The first kappa shape index (κ1) is 9.49. The number of halogens is 1. The molecule has 66 valence electrons. The van der Waals surface area contributed by atoms with E-state index >= 15 is 0 Å². The molecular formula is C9H13ClN2. The molecular weight excluding hydrogens is 172 g/mol. The Kier molecular flexibility index (Phi) is 3.50. The molecule has 0 radical (unpaired) electrons. The molecule has 0 spiro atoms. The first-order valence-corrected chi connectivity index (χ1v) is 4.38. The molecule has 0 saturated heterocycles. The lowest BCUT2D eigenvalue weighted by molar-refractivity contribution is 0.345. The molecule has 0 bridgehead atoms. The van der Waals surface area contributed by atoms with Gasteiger partial charge in [-0.1, -0.05) is 18.5 Å². The van der Waals surface area contributed by atoms with E-state index in [1.54, 1.807) is 6.20 Å². The molecule has 3 heteroatoms. The predicted molar refractivity (Wildman–Crippen MR) is 51.3 cm³/mol. The first-order valence-electron chi connectivity index (χ1n) is 4.01. The molecule has 0 unspecified atom stereocenters. The lowest BCUT2D eigenvalue weighted by atomic mass is 10.3. The Labute approximate surface area is 78.2 Å². The lowest BCUT2D eigenvalue weighted by Gasteiger charge is -2.13. The van der Waals surface area contributed by atoms with E-state index in [4.69, 9.17) is 11.6 Å². The normalized spacial score (nSPS) is 10.7. The van der Waals surface area contributed by atoms with Crippen molar-refractivity contribution in [2.45, 2.75) is 13.5 Å². The smallest absolute Gasteiger partial charge is 0.0481 e. The fraction of sp³-hybridized carbons (Fsp3) is 0.444. The van der Waals surface area contributed by atoms with Crippen molar-refractivity contribution in [3.63, 3.8) is 0 Å². The van der Waals surface area contributed by atoms with Crippen molar-refractivity contribution >= 4 is 11.6 Å². The summed E-state index contributed by atoms with van der Waals surface area (Å²) in [6.45, 7) is 4.00. The van der Waals surface area contributed by atoms with Gasteiger partial charge in [0.25, 0.3) is 0 Å². The zero-order chi connectivity index (χ0) is 8.97. The van der Waals surface area contributed by atoms with Gasteiger partial charge in [0.1, 0.15) is 0 Å². The summed E-state index contributed by atoms with van der Waals surface area (Å²) in [7, 11) is 2.06. The second kappa shape index (κ2) is 4.43. The number of hydrogen-bond acceptors (Lipinski definition) is 2. The van der Waals surface area contributed by atoms with Gasteiger partial charge in [0.2, 0.25) is 0 Å². The Morgan fingerprint density at radius 2 is 2.33 bits per heavy atom. The summed E-state index contributed by atoms with van der Waals surface area (Å²) in [4.78, 5) is 6.21. The van der Waals surface area contributed by atoms with Crippen molar-refractivity contribution in [1.29, 1.82) is 0 Å². The summed E-state index contributed by atoms with van der Waals surface area (Å²) in [5.74, 6) is 0. The molecule has 0 aromatic carbocycles. The summed E-state index contributed by atoms with van der Waals surface area (Å²) >= 11 is 5.96. The van der Waals surface area contributed by atoms with Gasteiger partial charge in [-0.25, -0.2) is 0 Å². The molecule has 1 rings (SSSR count). The number of aromatic nitrogens is 1. The highest BCUT2D eigenvalue weighted by Gasteiger charge is 2.01. The van der Waals surface area contributed by atoms with Crippen molar-refractivity contribution in [2.75, 3.05) is 13.6 Å². The van der Waals surface area contributed by atoms with Crippen molar-refractivity contribution < 1.29 is 0 Å². The summed E-state index contributed by atoms with van der Waals surface area (Å²) < 4.78 is 0. The van der Waals surface area contributed by atoms with Gasteiger partial charge in [-0.15, -0.1) is 0 Å². The van der Waals surface area contributed by atoms with Gasteiger partial charge in [0.15, 0.2) is 0 Å². The molecule has 2 nitrogen and oxygen atoms in total. The molecule has 0 aliphatic rings. The molecule has 1 heterocycles. The Hall–Kier alpha value is -0.600. The van der Waals surface area contributed by atoms with E-state index in [0.29, 0.717) is 0 Å². The fourth-order valence-electron chi connectivity index (χ4n) is 0.929. The predicted octanol–water partition coefficient (Wildman–Crippen LogP) is 2.19. The summed E-state index contributed by atoms with van der Waals surface area (Å²) in [6, 6.07) is 1.82. The van der Waals surface area contributed by atoms with E-state index in [0.717, 1.165) is 23.7 Å². The van der Waals surface area contributed by atoms with Crippen molar-refractivity contribution in [3.8, 4) is 0 Å². The minimum Gasteiger partial charge on any atom is -0.302 e. The van der Waals surface area contributed by atoms with Gasteiger partial charge >= 0.3 is 0 Å². The fourth-order valence-corrected chi connectivity index (χ4v) is 1.09. The van der Waals surface area contributed by atoms with E-state index in [1.165, 1.54) is 0 Å². The maximum Gasteiger partial charge on any atom is 0.0481 e. The minimum absolute atomic E-state index is 0.797. The Morgan fingerprint density at radius 1 is 1.58 bits per heavy atom. The van der Waals surface area contributed by atoms with Crippen LogP contribution in [0, 0.1) is 0 Å². The second-order valence-electron chi connectivity index (χ2n) is 2.80. The molecule has 0 saturated carbocycles. The minimum atomic E-state index is 0.797. The van der Waals surface area contributed by atoms with Crippen LogP contribution in [-0.2, 0) is 6.54 Å². The zero-order valence-electron chi connectivity index (χ0n) is 7.42. The molecule has 12 heavy (non-hydrogen) atoms. The van der Waals surface area contributed by atoms with E-state index in [2.05, 4.69) is 23.9 Å². The second-order valence-corrected chi connectivity index (χ2v) is 3.20. The Morgan fingerprint density at radius 3 is 2.92 bits per heavy atom. The number of pyridine rings is 1. The van der Waals surface area contributed by atoms with Gasteiger partial charge in [-0.3, -0.25) is 4.98 Å². The first-order chi connectivity index (χ1) is 5.74. The molecule has 0 aliphatic heterocycles. The maximum absolute atomic E-state index is 5.96. The van der Waals surface area contributed by atoms with E-state index < -0.39 is 0 Å². The lowest BCUT2D eigenvalue weighted by Crippen LogP contribution is -2.16. The quantitative estimate of drug-likeness (QED) is 0.716. The topological polar surface area (TPSA) is 16.1 Å². The highest BCUT2D eigenvalue weighted by molar-refractivity contribution is 6.31. The Balaban J connectivity index is 2.69. The van der Waals surface area contributed by atoms with Crippen LogP contribution in [0.4, 0.5) is 0 Å². The molecule has 0 fully saturated rings. The summed E-state index contributed by atoms with van der Waals surface area (Å²) in [5, 5.41) is 0.797. The van der Waals surface area contributed by atoms with Gasteiger partial charge in [-0.05, 0) is 19.7 Å². The SMILES string of the molecule is CCN(C)Cc1cnccc1Cl. The third kappa shape index (κ3) is 2.47. The van der Waals surface area contributed by atoms with Gasteiger partial charge in [0.05, 0.1) is 0 Å². The van der Waals surface area contributed by atoms with Gasteiger partial charge in [-0.2, -0.15) is 0 Å². The van der Waals surface area contributed by atoms with Crippen LogP contribution in [0.25, 0.3) is 0 Å². The number of rotatable bonds is 3. The number of nitrogens with zero attached hydrogens (tertiary/aromatic N) is 2. The van der Waals surface area contributed by atoms with Crippen molar-refractivity contribution in [2.24, 2.45) is 0 Å². The highest BCUT2D eigenvalue weighted by Crippen LogP contribution is 2.14. The van der Waals surface area contributed by atoms with Crippen LogP contribution in [0.2, 0.25) is 5.02 Å².